The Morgan fingerprint density at radius 2 is 1.78 bits per heavy atom. The summed E-state index contributed by atoms with van der Waals surface area (Å²) in [5, 5.41) is 0. The van der Waals surface area contributed by atoms with Crippen molar-refractivity contribution in [2.45, 2.75) is 13.5 Å². The Labute approximate surface area is 138 Å². The number of nitrogens with zero attached hydrogens (tertiary/aromatic N) is 2. The molecule has 0 radical (unpaired) electrons. The zero-order valence-corrected chi connectivity index (χ0v) is 13.7. The lowest BCUT2D eigenvalue weighted by Crippen LogP contribution is -2.46. The Kier molecular flexibility index (Phi) is 5.03. The first-order valence-electron chi connectivity index (χ1n) is 8.30. The summed E-state index contributed by atoms with van der Waals surface area (Å²) >= 11 is 0. The maximum absolute atomic E-state index is 5.87. The molecule has 0 unspecified atom stereocenters. The van der Waals surface area contributed by atoms with Gasteiger partial charge in [0.1, 0.15) is 5.75 Å². The van der Waals surface area contributed by atoms with Gasteiger partial charge < -0.3 is 15.4 Å². The molecule has 4 nitrogen and oxygen atoms in total. The lowest BCUT2D eigenvalue weighted by molar-refractivity contribution is 0.248. The molecule has 3 rings (SSSR count). The van der Waals surface area contributed by atoms with Crippen molar-refractivity contribution >= 4 is 11.4 Å². The first kappa shape index (κ1) is 15.7. The van der Waals surface area contributed by atoms with Crippen molar-refractivity contribution in [1.82, 2.24) is 4.90 Å². The first-order chi connectivity index (χ1) is 11.3. The van der Waals surface area contributed by atoms with Crippen LogP contribution in [0.15, 0.2) is 48.5 Å². The van der Waals surface area contributed by atoms with Gasteiger partial charge in [-0.15, -0.1) is 0 Å². The van der Waals surface area contributed by atoms with E-state index in [1.807, 2.05) is 25.1 Å². The molecule has 1 aliphatic heterocycles. The zero-order valence-electron chi connectivity index (χ0n) is 13.7. The van der Waals surface area contributed by atoms with Crippen LogP contribution in [0.25, 0.3) is 0 Å². The van der Waals surface area contributed by atoms with Gasteiger partial charge in [-0.1, -0.05) is 24.3 Å². The van der Waals surface area contributed by atoms with Crippen molar-refractivity contribution in [2.75, 3.05) is 43.4 Å². The molecule has 0 bridgehead atoms. The van der Waals surface area contributed by atoms with E-state index in [9.17, 15) is 0 Å². The highest BCUT2D eigenvalue weighted by Crippen LogP contribution is 2.29. The Bertz CT molecular complexity index is 636. The standard InChI is InChI=1S/C19H25N3O/c1-2-23-19-9-4-3-8-18(19)22-12-10-21(11-13-22)15-16-6-5-7-17(20)14-16/h3-9,14H,2,10-13,15,20H2,1H3. The van der Waals surface area contributed by atoms with Crippen molar-refractivity contribution in [1.29, 1.82) is 0 Å². The summed E-state index contributed by atoms with van der Waals surface area (Å²) < 4.78 is 5.76. The summed E-state index contributed by atoms with van der Waals surface area (Å²) in [5.41, 5.74) is 9.20. The third-order valence-corrected chi connectivity index (χ3v) is 4.24. The Hall–Kier alpha value is -2.20. The van der Waals surface area contributed by atoms with Gasteiger partial charge in [0.05, 0.1) is 12.3 Å². The van der Waals surface area contributed by atoms with E-state index in [1.54, 1.807) is 0 Å². The number of nitrogens with two attached hydrogens (primary N) is 1. The second-order valence-electron chi connectivity index (χ2n) is 5.91. The second kappa shape index (κ2) is 7.38. The molecule has 1 aliphatic rings. The van der Waals surface area contributed by atoms with Gasteiger partial charge in [0.15, 0.2) is 0 Å². The average Bonchev–Trinajstić information content (AvgIpc) is 2.57. The van der Waals surface area contributed by atoms with Crippen LogP contribution in [-0.4, -0.2) is 37.7 Å². The normalized spacial score (nSPS) is 15.6. The molecule has 0 atom stereocenters. The Balaban J connectivity index is 1.60. The molecular formula is C19H25N3O. The molecule has 122 valence electrons. The van der Waals surface area contributed by atoms with Crippen LogP contribution in [0.3, 0.4) is 0 Å². The van der Waals surface area contributed by atoms with E-state index in [-0.39, 0.29) is 0 Å². The number of rotatable bonds is 5. The zero-order chi connectivity index (χ0) is 16.1. The van der Waals surface area contributed by atoms with E-state index in [2.05, 4.69) is 40.1 Å². The summed E-state index contributed by atoms with van der Waals surface area (Å²) in [6, 6.07) is 16.5. The molecule has 4 heteroatoms. The number of hydrogen-bond acceptors (Lipinski definition) is 4. The molecule has 1 fully saturated rings. The fourth-order valence-electron chi connectivity index (χ4n) is 3.09. The molecule has 2 N–H and O–H groups in total. The van der Waals surface area contributed by atoms with Gasteiger partial charge in [-0.3, -0.25) is 4.90 Å². The van der Waals surface area contributed by atoms with E-state index in [0.29, 0.717) is 6.61 Å². The summed E-state index contributed by atoms with van der Waals surface area (Å²) in [5.74, 6) is 0.985. The highest BCUT2D eigenvalue weighted by Gasteiger charge is 2.19. The molecule has 0 aromatic heterocycles. The number of hydrogen-bond donors (Lipinski definition) is 1. The Morgan fingerprint density at radius 1 is 1.00 bits per heavy atom. The summed E-state index contributed by atoms with van der Waals surface area (Å²) in [6.07, 6.45) is 0. The third-order valence-electron chi connectivity index (χ3n) is 4.24. The molecule has 1 saturated heterocycles. The van der Waals surface area contributed by atoms with Crippen LogP contribution in [0.4, 0.5) is 11.4 Å². The summed E-state index contributed by atoms with van der Waals surface area (Å²) in [6.45, 7) is 7.84. The highest BCUT2D eigenvalue weighted by molar-refractivity contribution is 5.58. The topological polar surface area (TPSA) is 41.7 Å². The number of piperazine rings is 1. The minimum atomic E-state index is 0.701. The highest BCUT2D eigenvalue weighted by atomic mass is 16.5. The van der Waals surface area contributed by atoms with Crippen LogP contribution in [-0.2, 0) is 6.54 Å². The molecule has 23 heavy (non-hydrogen) atoms. The van der Waals surface area contributed by atoms with Gasteiger partial charge in [0, 0.05) is 38.4 Å². The van der Waals surface area contributed by atoms with E-state index in [4.69, 9.17) is 10.5 Å². The molecular weight excluding hydrogens is 286 g/mol. The molecule has 2 aromatic rings. The number of nitrogen functional groups attached to an aromatic ring is 1. The maximum atomic E-state index is 5.87. The number of ether oxygens (including phenoxy) is 1. The monoisotopic (exact) mass is 311 g/mol. The molecule has 0 aliphatic carbocycles. The molecule has 0 amide bonds. The number of anilines is 2. The summed E-state index contributed by atoms with van der Waals surface area (Å²) in [4.78, 5) is 4.90. The molecule has 0 spiro atoms. The van der Waals surface area contributed by atoms with E-state index >= 15 is 0 Å². The van der Waals surface area contributed by atoms with Crippen molar-refractivity contribution in [3.05, 3.63) is 54.1 Å². The quantitative estimate of drug-likeness (QED) is 0.862. The minimum Gasteiger partial charge on any atom is -0.492 e. The van der Waals surface area contributed by atoms with Crippen LogP contribution in [0.5, 0.6) is 5.75 Å². The van der Waals surface area contributed by atoms with Crippen LogP contribution >= 0.6 is 0 Å². The molecule has 0 saturated carbocycles. The van der Waals surface area contributed by atoms with Gasteiger partial charge in [-0.2, -0.15) is 0 Å². The van der Waals surface area contributed by atoms with Gasteiger partial charge in [0.2, 0.25) is 0 Å². The smallest absolute Gasteiger partial charge is 0.142 e. The fourth-order valence-corrected chi connectivity index (χ4v) is 3.09. The van der Waals surface area contributed by atoms with Gasteiger partial charge in [-0.25, -0.2) is 0 Å². The second-order valence-corrected chi connectivity index (χ2v) is 5.91. The largest absolute Gasteiger partial charge is 0.492 e. The van der Waals surface area contributed by atoms with Gasteiger partial charge in [-0.05, 0) is 36.8 Å². The van der Waals surface area contributed by atoms with Crippen molar-refractivity contribution in [3.63, 3.8) is 0 Å². The van der Waals surface area contributed by atoms with Gasteiger partial charge >= 0.3 is 0 Å². The molecule has 1 heterocycles. The Morgan fingerprint density at radius 3 is 2.52 bits per heavy atom. The van der Waals surface area contributed by atoms with Crippen molar-refractivity contribution in [2.24, 2.45) is 0 Å². The predicted molar refractivity (Wildman–Crippen MR) is 96.0 cm³/mol. The third kappa shape index (κ3) is 3.96. The molecule has 2 aromatic carbocycles. The van der Waals surface area contributed by atoms with E-state index in [1.165, 1.54) is 11.3 Å². The average molecular weight is 311 g/mol. The van der Waals surface area contributed by atoms with Crippen LogP contribution in [0, 0.1) is 0 Å². The SMILES string of the molecule is CCOc1ccccc1N1CCN(Cc2cccc(N)c2)CC1. The van der Waals surface area contributed by atoms with Crippen molar-refractivity contribution < 1.29 is 4.74 Å². The van der Waals surface area contributed by atoms with E-state index in [0.717, 1.165) is 44.2 Å². The van der Waals surface area contributed by atoms with E-state index < -0.39 is 0 Å². The predicted octanol–water partition coefficient (Wildman–Crippen LogP) is 2.99. The van der Waals surface area contributed by atoms with Crippen LogP contribution in [0.2, 0.25) is 0 Å². The lowest BCUT2D eigenvalue weighted by atomic mass is 10.1. The summed E-state index contributed by atoms with van der Waals surface area (Å²) in [7, 11) is 0. The maximum Gasteiger partial charge on any atom is 0.142 e. The van der Waals surface area contributed by atoms with Gasteiger partial charge in [0.25, 0.3) is 0 Å². The fraction of sp³-hybridized carbons (Fsp3) is 0.368. The first-order valence-corrected chi connectivity index (χ1v) is 8.30. The van der Waals surface area contributed by atoms with Crippen molar-refractivity contribution in [3.8, 4) is 5.75 Å². The lowest BCUT2D eigenvalue weighted by Gasteiger charge is -2.36. The van der Waals surface area contributed by atoms with Crippen LogP contribution in [0.1, 0.15) is 12.5 Å². The minimum absolute atomic E-state index is 0.701. The number of para-hydroxylation sites is 2. The number of benzene rings is 2. The van der Waals surface area contributed by atoms with Crippen LogP contribution < -0.4 is 15.4 Å².